The van der Waals surface area contributed by atoms with E-state index in [-0.39, 0.29) is 18.5 Å². The number of hydrogen-bond donors (Lipinski definition) is 3. The van der Waals surface area contributed by atoms with Crippen LogP contribution in [0, 0.1) is 0 Å². The minimum Gasteiger partial charge on any atom is -0.466 e. The number of ether oxygens (including phenoxy) is 1. The van der Waals surface area contributed by atoms with Crippen LogP contribution in [0.2, 0.25) is 0 Å². The van der Waals surface area contributed by atoms with E-state index in [9.17, 15) is 19.8 Å². The number of amides is 1. The molecule has 2 atom stereocenters. The standard InChI is InChI=1S/C62H115NO5/c1-3-5-7-9-11-13-15-17-19-22-26-30-34-38-42-46-50-54-60(65)59(58-64)63-61(66)55-51-47-43-39-35-31-27-24-21-25-29-33-37-41-45-49-53-57-68-62(67)56-52-48-44-40-36-32-28-23-20-18-16-14-12-10-8-6-4-2/h12,14,18,20-21,25,50,54,59-60,64-65H,3-11,13,15-17,19,22-24,26-49,51-53,55-58H2,1-2H3,(H,63,66)/b14-12-,20-18-,25-21-,54-50+. The van der Waals surface area contributed by atoms with Crippen LogP contribution < -0.4 is 5.32 Å². The van der Waals surface area contributed by atoms with Crippen molar-refractivity contribution in [3.63, 3.8) is 0 Å². The number of aliphatic hydroxyl groups is 2. The third-order valence-corrected chi connectivity index (χ3v) is 13.6. The number of unbranched alkanes of at least 4 members (excludes halogenated alkanes) is 38. The number of allylic oxidation sites excluding steroid dienone is 7. The molecule has 0 aliphatic carbocycles. The zero-order valence-corrected chi connectivity index (χ0v) is 45.3. The van der Waals surface area contributed by atoms with E-state index >= 15 is 0 Å². The molecule has 0 fully saturated rings. The second-order valence-electron chi connectivity index (χ2n) is 20.3. The Kier molecular flexibility index (Phi) is 55.6. The van der Waals surface area contributed by atoms with E-state index in [1.807, 2.05) is 6.08 Å². The summed E-state index contributed by atoms with van der Waals surface area (Å²) in [5, 5.41) is 23.1. The maximum atomic E-state index is 12.5. The molecule has 0 heterocycles. The molecule has 6 nitrogen and oxygen atoms in total. The van der Waals surface area contributed by atoms with Crippen molar-refractivity contribution in [2.45, 2.75) is 321 Å². The van der Waals surface area contributed by atoms with Gasteiger partial charge in [-0.3, -0.25) is 9.59 Å². The van der Waals surface area contributed by atoms with E-state index in [1.54, 1.807) is 6.08 Å². The molecule has 0 aliphatic rings. The maximum Gasteiger partial charge on any atom is 0.305 e. The quantitative estimate of drug-likeness (QED) is 0.0321. The van der Waals surface area contributed by atoms with Crippen molar-refractivity contribution in [3.8, 4) is 0 Å². The summed E-state index contributed by atoms with van der Waals surface area (Å²) in [6.45, 7) is 4.86. The lowest BCUT2D eigenvalue weighted by molar-refractivity contribution is -0.143. The zero-order chi connectivity index (χ0) is 49.3. The SMILES string of the molecule is CCCCC/C=C\C/C=C\CCCCCCCCCC(=O)OCCCCCCCC/C=C\CCCCCCCCCC(=O)NC(CO)C(O)/C=C/CCCCCCCCCCCCCCCCC. The smallest absolute Gasteiger partial charge is 0.305 e. The predicted molar refractivity (Wildman–Crippen MR) is 296 cm³/mol. The Morgan fingerprint density at radius 2 is 0.735 bits per heavy atom. The van der Waals surface area contributed by atoms with Gasteiger partial charge in [0.2, 0.25) is 5.91 Å². The first-order chi connectivity index (χ1) is 33.5. The Bertz CT molecular complexity index is 1150. The maximum absolute atomic E-state index is 12.5. The van der Waals surface area contributed by atoms with Crippen molar-refractivity contribution >= 4 is 11.9 Å². The Morgan fingerprint density at radius 3 is 1.16 bits per heavy atom. The van der Waals surface area contributed by atoms with Crippen LogP contribution >= 0.6 is 0 Å². The molecule has 0 aromatic rings. The predicted octanol–water partition coefficient (Wildman–Crippen LogP) is 18.6. The molecule has 0 bridgehead atoms. The minimum absolute atomic E-state index is 0.0108. The number of carbonyl (C=O) groups is 2. The summed E-state index contributed by atoms with van der Waals surface area (Å²) in [5.41, 5.74) is 0. The fourth-order valence-corrected chi connectivity index (χ4v) is 8.95. The number of esters is 1. The molecule has 6 heteroatoms. The number of hydrogen-bond acceptors (Lipinski definition) is 5. The van der Waals surface area contributed by atoms with Gasteiger partial charge in [-0.25, -0.2) is 0 Å². The topological polar surface area (TPSA) is 95.9 Å². The van der Waals surface area contributed by atoms with Gasteiger partial charge in [0.15, 0.2) is 0 Å². The molecule has 0 radical (unpaired) electrons. The summed E-state index contributed by atoms with van der Waals surface area (Å²) in [5.74, 6) is -0.0903. The average Bonchev–Trinajstić information content (AvgIpc) is 3.34. The van der Waals surface area contributed by atoms with Gasteiger partial charge in [0.25, 0.3) is 0 Å². The highest BCUT2D eigenvalue weighted by atomic mass is 16.5. The molecule has 0 aromatic carbocycles. The molecule has 0 saturated carbocycles. The summed E-state index contributed by atoms with van der Waals surface area (Å²) in [6, 6.07) is -0.638. The first-order valence-electron chi connectivity index (χ1n) is 29.9. The highest BCUT2D eigenvalue weighted by Gasteiger charge is 2.18. The number of nitrogens with one attached hydrogen (secondary N) is 1. The van der Waals surface area contributed by atoms with Gasteiger partial charge < -0.3 is 20.3 Å². The Labute approximate surface area is 423 Å². The van der Waals surface area contributed by atoms with Gasteiger partial charge in [-0.15, -0.1) is 0 Å². The average molecular weight is 955 g/mol. The van der Waals surface area contributed by atoms with Gasteiger partial charge in [-0.05, 0) is 89.9 Å². The number of aliphatic hydroxyl groups excluding tert-OH is 2. The van der Waals surface area contributed by atoms with E-state index in [2.05, 4.69) is 55.6 Å². The van der Waals surface area contributed by atoms with Crippen molar-refractivity contribution < 1.29 is 24.5 Å². The molecule has 0 rings (SSSR count). The largest absolute Gasteiger partial charge is 0.466 e. The van der Waals surface area contributed by atoms with Crippen LogP contribution in [0.5, 0.6) is 0 Å². The van der Waals surface area contributed by atoms with Crippen molar-refractivity contribution in [1.29, 1.82) is 0 Å². The second-order valence-corrected chi connectivity index (χ2v) is 20.3. The van der Waals surface area contributed by atoms with Gasteiger partial charge >= 0.3 is 5.97 Å². The van der Waals surface area contributed by atoms with Crippen LogP contribution in [-0.4, -0.2) is 47.4 Å². The zero-order valence-electron chi connectivity index (χ0n) is 45.3. The van der Waals surface area contributed by atoms with Crippen molar-refractivity contribution in [2.24, 2.45) is 0 Å². The molecule has 398 valence electrons. The first kappa shape index (κ1) is 65.8. The summed E-state index contributed by atoms with van der Waals surface area (Å²) in [7, 11) is 0. The molecule has 68 heavy (non-hydrogen) atoms. The van der Waals surface area contributed by atoms with Crippen LogP contribution in [0.1, 0.15) is 309 Å². The van der Waals surface area contributed by atoms with Crippen LogP contribution in [0.25, 0.3) is 0 Å². The summed E-state index contributed by atoms with van der Waals surface area (Å²) in [6.07, 6.45) is 72.7. The normalized spacial score (nSPS) is 12.9. The van der Waals surface area contributed by atoms with E-state index in [0.717, 1.165) is 64.2 Å². The lowest BCUT2D eigenvalue weighted by Crippen LogP contribution is -2.45. The van der Waals surface area contributed by atoms with Crippen molar-refractivity contribution in [2.75, 3.05) is 13.2 Å². The lowest BCUT2D eigenvalue weighted by Gasteiger charge is -2.20. The fourth-order valence-electron chi connectivity index (χ4n) is 8.95. The number of rotatable bonds is 55. The van der Waals surface area contributed by atoms with Crippen molar-refractivity contribution in [1.82, 2.24) is 5.32 Å². The van der Waals surface area contributed by atoms with E-state index in [0.29, 0.717) is 19.4 Å². The molecule has 0 aliphatic heterocycles. The Balaban J connectivity index is 3.49. The third kappa shape index (κ3) is 53.2. The van der Waals surface area contributed by atoms with Crippen LogP contribution in [-0.2, 0) is 14.3 Å². The molecule has 0 aromatic heterocycles. The summed E-state index contributed by atoms with van der Waals surface area (Å²) >= 11 is 0. The molecule has 2 unspecified atom stereocenters. The lowest BCUT2D eigenvalue weighted by atomic mass is 10.0. The van der Waals surface area contributed by atoms with Crippen LogP contribution in [0.3, 0.4) is 0 Å². The number of carbonyl (C=O) groups excluding carboxylic acids is 2. The molecule has 0 saturated heterocycles. The third-order valence-electron chi connectivity index (χ3n) is 13.6. The van der Waals surface area contributed by atoms with E-state index < -0.39 is 12.1 Å². The molecule has 0 spiro atoms. The summed E-state index contributed by atoms with van der Waals surface area (Å²) in [4.78, 5) is 24.5. The van der Waals surface area contributed by atoms with Gasteiger partial charge in [-0.1, -0.05) is 255 Å². The van der Waals surface area contributed by atoms with Gasteiger partial charge in [0.05, 0.1) is 25.4 Å². The summed E-state index contributed by atoms with van der Waals surface area (Å²) < 4.78 is 5.47. The second kappa shape index (κ2) is 57.4. The molecular weight excluding hydrogens is 839 g/mol. The van der Waals surface area contributed by atoms with E-state index in [1.165, 1.54) is 218 Å². The molecule has 1 amide bonds. The van der Waals surface area contributed by atoms with Crippen LogP contribution in [0.15, 0.2) is 48.6 Å². The molecular formula is C62H115NO5. The van der Waals surface area contributed by atoms with Gasteiger partial charge in [0.1, 0.15) is 0 Å². The Morgan fingerprint density at radius 1 is 0.412 bits per heavy atom. The first-order valence-corrected chi connectivity index (χ1v) is 29.9. The molecule has 3 N–H and O–H groups in total. The van der Waals surface area contributed by atoms with E-state index in [4.69, 9.17) is 4.74 Å². The van der Waals surface area contributed by atoms with Crippen molar-refractivity contribution in [3.05, 3.63) is 48.6 Å². The fraction of sp³-hybridized carbons (Fsp3) is 0.839. The monoisotopic (exact) mass is 954 g/mol. The highest BCUT2D eigenvalue weighted by Crippen LogP contribution is 2.16. The van der Waals surface area contributed by atoms with Gasteiger partial charge in [0, 0.05) is 12.8 Å². The Hall–Kier alpha value is -2.18. The highest BCUT2D eigenvalue weighted by molar-refractivity contribution is 5.76. The van der Waals surface area contributed by atoms with Gasteiger partial charge in [-0.2, -0.15) is 0 Å². The minimum atomic E-state index is -0.854. The van der Waals surface area contributed by atoms with Crippen LogP contribution in [0.4, 0.5) is 0 Å².